The summed E-state index contributed by atoms with van der Waals surface area (Å²) < 4.78 is 12.9. The van der Waals surface area contributed by atoms with Gasteiger partial charge in [0.15, 0.2) is 23.9 Å². The van der Waals surface area contributed by atoms with Crippen LogP contribution >= 0.6 is 0 Å². The van der Waals surface area contributed by atoms with Crippen LogP contribution in [0.15, 0.2) is 60.8 Å². The van der Waals surface area contributed by atoms with Gasteiger partial charge in [0.25, 0.3) is 11.8 Å². The van der Waals surface area contributed by atoms with E-state index in [-0.39, 0.29) is 18.4 Å². The molecule has 0 bridgehead atoms. The lowest BCUT2D eigenvalue weighted by molar-refractivity contribution is -0.118. The summed E-state index contributed by atoms with van der Waals surface area (Å²) in [5.74, 6) is 0.896. The molecule has 5 rings (SSSR count). The first-order chi connectivity index (χ1) is 17.5. The van der Waals surface area contributed by atoms with Crippen molar-refractivity contribution in [1.82, 2.24) is 25.1 Å². The van der Waals surface area contributed by atoms with Crippen LogP contribution in [0.1, 0.15) is 16.1 Å². The van der Waals surface area contributed by atoms with Crippen molar-refractivity contribution in [1.29, 1.82) is 0 Å². The highest BCUT2D eigenvalue weighted by atomic mass is 16.5. The summed E-state index contributed by atoms with van der Waals surface area (Å²) in [7, 11) is 1.52. The largest absolute Gasteiger partial charge is 0.493 e. The highest BCUT2D eigenvalue weighted by Gasteiger charge is 2.20. The first-order valence-corrected chi connectivity index (χ1v) is 11.4. The van der Waals surface area contributed by atoms with E-state index in [1.807, 2.05) is 31.2 Å². The Bertz CT molecular complexity index is 1430. The van der Waals surface area contributed by atoms with Crippen LogP contribution in [0, 0.1) is 6.92 Å². The van der Waals surface area contributed by atoms with Gasteiger partial charge in [-0.25, -0.2) is 9.97 Å². The highest BCUT2D eigenvalue weighted by Crippen LogP contribution is 2.32. The monoisotopic (exact) mass is 484 g/mol. The summed E-state index contributed by atoms with van der Waals surface area (Å²) in [6.45, 7) is 2.97. The number of rotatable bonds is 7. The summed E-state index contributed by atoms with van der Waals surface area (Å²) in [5.41, 5.74) is 4.21. The topological polar surface area (TPSA) is 120 Å². The first-order valence-electron chi connectivity index (χ1n) is 11.4. The van der Waals surface area contributed by atoms with Crippen molar-refractivity contribution in [2.75, 3.05) is 25.6 Å². The van der Waals surface area contributed by atoms with Gasteiger partial charge in [-0.2, -0.15) is 5.10 Å². The molecule has 0 unspecified atom stereocenters. The molecule has 0 aliphatic carbocycles. The molecule has 0 fully saturated rings. The van der Waals surface area contributed by atoms with E-state index in [0.717, 1.165) is 5.56 Å². The summed E-state index contributed by atoms with van der Waals surface area (Å²) in [4.78, 5) is 33.4. The third kappa shape index (κ3) is 4.88. The van der Waals surface area contributed by atoms with Crippen LogP contribution in [-0.2, 0) is 11.3 Å². The number of hydrogen-bond acceptors (Lipinski definition) is 7. The molecular weight excluding hydrogens is 460 g/mol. The smallest absolute Gasteiger partial charge is 0.269 e. The molecule has 4 aromatic rings. The van der Waals surface area contributed by atoms with Gasteiger partial charge in [-0.3, -0.25) is 14.3 Å². The molecule has 0 radical (unpaired) electrons. The van der Waals surface area contributed by atoms with Crippen molar-refractivity contribution in [2.45, 2.75) is 13.5 Å². The van der Waals surface area contributed by atoms with E-state index in [9.17, 15) is 9.59 Å². The number of anilines is 1. The lowest BCUT2D eigenvalue weighted by atomic mass is 10.1. The minimum atomic E-state index is -0.280. The second-order valence-corrected chi connectivity index (χ2v) is 8.23. The first kappa shape index (κ1) is 23.0. The van der Waals surface area contributed by atoms with E-state index in [4.69, 9.17) is 9.47 Å². The molecule has 0 saturated carbocycles. The number of nitrogens with zero attached hydrogens (tertiary/aromatic N) is 4. The molecule has 2 aromatic carbocycles. The van der Waals surface area contributed by atoms with Gasteiger partial charge in [0, 0.05) is 24.0 Å². The molecule has 182 valence electrons. The number of nitrogens with one attached hydrogen (secondary N) is 2. The Balaban J connectivity index is 1.31. The van der Waals surface area contributed by atoms with Crippen LogP contribution in [0.5, 0.6) is 11.5 Å². The average molecular weight is 485 g/mol. The van der Waals surface area contributed by atoms with Crippen LogP contribution in [0.4, 0.5) is 5.69 Å². The fraction of sp³-hybridized carbons (Fsp3) is 0.192. The normalized spacial score (nSPS) is 12.4. The molecule has 1 aliphatic rings. The van der Waals surface area contributed by atoms with Gasteiger partial charge in [-0.05, 0) is 49.4 Å². The minimum Gasteiger partial charge on any atom is -0.493 e. The number of aryl methyl sites for hydroxylation is 1. The number of benzene rings is 2. The van der Waals surface area contributed by atoms with Gasteiger partial charge >= 0.3 is 0 Å². The Labute approximate surface area is 207 Å². The lowest BCUT2D eigenvalue weighted by Crippen LogP contribution is -2.35. The SMILES string of the molecule is COc1cc(-c2nccc(-c3cc4n(n3)CCNC4=O)n2)ccc1OCC(=O)Nc1ccc(C)cc1. The Morgan fingerprint density at radius 2 is 1.92 bits per heavy atom. The Hall–Kier alpha value is -4.73. The molecular formula is C26H24N6O4. The second kappa shape index (κ2) is 9.87. The van der Waals surface area contributed by atoms with Crippen LogP contribution in [-0.4, -0.2) is 51.8 Å². The van der Waals surface area contributed by atoms with Crippen molar-refractivity contribution in [3.8, 4) is 34.3 Å². The number of aromatic nitrogens is 4. The third-order valence-corrected chi connectivity index (χ3v) is 5.66. The lowest BCUT2D eigenvalue weighted by Gasteiger charge is -2.13. The van der Waals surface area contributed by atoms with Gasteiger partial charge in [-0.15, -0.1) is 0 Å². The zero-order chi connectivity index (χ0) is 25.1. The molecule has 10 nitrogen and oxygen atoms in total. The zero-order valence-electron chi connectivity index (χ0n) is 19.8. The molecule has 10 heteroatoms. The van der Waals surface area contributed by atoms with Gasteiger partial charge in [-0.1, -0.05) is 17.7 Å². The molecule has 2 N–H and O–H groups in total. The zero-order valence-corrected chi connectivity index (χ0v) is 19.8. The van der Waals surface area contributed by atoms with Crippen molar-refractivity contribution in [3.63, 3.8) is 0 Å². The van der Waals surface area contributed by atoms with E-state index in [1.54, 1.807) is 41.2 Å². The highest BCUT2D eigenvalue weighted by molar-refractivity contribution is 5.94. The molecule has 2 amide bonds. The van der Waals surface area contributed by atoms with Crippen LogP contribution < -0.4 is 20.1 Å². The molecule has 36 heavy (non-hydrogen) atoms. The molecule has 0 atom stereocenters. The van der Waals surface area contributed by atoms with E-state index in [2.05, 4.69) is 25.7 Å². The number of amides is 2. The van der Waals surface area contributed by atoms with Gasteiger partial charge in [0.1, 0.15) is 11.4 Å². The maximum absolute atomic E-state index is 12.3. The van der Waals surface area contributed by atoms with Gasteiger partial charge < -0.3 is 20.1 Å². The Morgan fingerprint density at radius 3 is 2.69 bits per heavy atom. The van der Waals surface area contributed by atoms with Crippen LogP contribution in [0.25, 0.3) is 22.8 Å². The van der Waals surface area contributed by atoms with E-state index in [1.165, 1.54) is 7.11 Å². The Morgan fingerprint density at radius 1 is 1.08 bits per heavy atom. The molecule has 1 aliphatic heterocycles. The van der Waals surface area contributed by atoms with Crippen LogP contribution in [0.2, 0.25) is 0 Å². The van der Waals surface area contributed by atoms with E-state index >= 15 is 0 Å². The quantitative estimate of drug-likeness (QED) is 0.414. The summed E-state index contributed by atoms with van der Waals surface area (Å²) >= 11 is 0. The van der Waals surface area contributed by atoms with E-state index < -0.39 is 0 Å². The molecule has 0 saturated heterocycles. The summed E-state index contributed by atoms with van der Waals surface area (Å²) in [6.07, 6.45) is 1.64. The fourth-order valence-electron chi connectivity index (χ4n) is 3.80. The summed E-state index contributed by atoms with van der Waals surface area (Å²) in [5, 5.41) is 10.1. The number of hydrogen-bond donors (Lipinski definition) is 2. The van der Waals surface area contributed by atoms with Crippen molar-refractivity contribution >= 4 is 17.5 Å². The Kier molecular flexibility index (Phi) is 6.31. The number of fused-ring (bicyclic) bond motifs is 1. The minimum absolute atomic E-state index is 0.151. The molecule has 3 heterocycles. The number of carbonyl (C=O) groups excluding carboxylic acids is 2. The predicted octanol–water partition coefficient (Wildman–Crippen LogP) is 3.09. The van der Waals surface area contributed by atoms with Crippen molar-refractivity contribution in [2.24, 2.45) is 0 Å². The van der Waals surface area contributed by atoms with Crippen molar-refractivity contribution < 1.29 is 19.1 Å². The predicted molar refractivity (Wildman–Crippen MR) is 133 cm³/mol. The molecule has 2 aromatic heterocycles. The summed E-state index contributed by atoms with van der Waals surface area (Å²) in [6, 6.07) is 16.2. The fourth-order valence-corrected chi connectivity index (χ4v) is 3.80. The standard InChI is InChI=1S/C26H24N6O4/c1-16-3-6-18(7-4-16)29-24(33)15-36-22-8-5-17(13-23(22)35-2)25-27-10-9-19(30-25)20-14-21-26(34)28-11-12-32(21)31-20/h3-10,13-14H,11-12,15H2,1-2H3,(H,28,34)(H,29,33). The maximum atomic E-state index is 12.3. The second-order valence-electron chi connectivity index (χ2n) is 8.23. The number of methoxy groups -OCH3 is 1. The van der Waals surface area contributed by atoms with Crippen molar-refractivity contribution in [3.05, 3.63) is 72.1 Å². The maximum Gasteiger partial charge on any atom is 0.269 e. The third-order valence-electron chi connectivity index (χ3n) is 5.66. The number of ether oxygens (including phenoxy) is 2. The van der Waals surface area contributed by atoms with E-state index in [0.29, 0.717) is 58.7 Å². The van der Waals surface area contributed by atoms with Crippen LogP contribution in [0.3, 0.4) is 0 Å². The average Bonchev–Trinajstić information content (AvgIpc) is 3.35. The number of carbonyl (C=O) groups is 2. The van der Waals surface area contributed by atoms with Gasteiger partial charge in [0.05, 0.1) is 19.3 Å². The molecule has 0 spiro atoms. The van der Waals surface area contributed by atoms with Gasteiger partial charge in [0.2, 0.25) is 0 Å².